The molecule has 2 N–H and O–H groups in total. The number of rotatable bonds is 5. The molecular formula is C21H16F3N5O3. The maximum absolute atomic E-state index is 12.5. The number of H-pyrrole nitrogens is 2. The van der Waals surface area contributed by atoms with Gasteiger partial charge in [-0.1, -0.05) is 12.1 Å². The number of aryl methyl sites for hydroxylation is 1. The zero-order valence-electron chi connectivity index (χ0n) is 16.6. The minimum absolute atomic E-state index is 0.166. The van der Waals surface area contributed by atoms with Crippen molar-refractivity contribution in [3.8, 4) is 28.1 Å². The van der Waals surface area contributed by atoms with Gasteiger partial charge in [-0.25, -0.2) is 4.79 Å². The van der Waals surface area contributed by atoms with Gasteiger partial charge in [-0.3, -0.25) is 9.78 Å². The SMILES string of the molecule is Cc1nnc(-c2c[nH]c(=O)[nH]c2=O)cc1-c1ccn(Cc2cccc(OC(F)(F)F)c2)c1. The number of aromatic nitrogens is 5. The average molecular weight is 443 g/mol. The molecule has 0 aliphatic carbocycles. The smallest absolute Gasteiger partial charge is 0.406 e. The van der Waals surface area contributed by atoms with E-state index >= 15 is 0 Å². The normalized spacial score (nSPS) is 11.5. The van der Waals surface area contributed by atoms with E-state index in [2.05, 4.69) is 24.9 Å². The van der Waals surface area contributed by atoms with Crippen molar-refractivity contribution in [1.29, 1.82) is 0 Å². The Morgan fingerprint density at radius 1 is 1.09 bits per heavy atom. The van der Waals surface area contributed by atoms with E-state index in [1.54, 1.807) is 29.8 Å². The minimum Gasteiger partial charge on any atom is -0.406 e. The number of hydrogen-bond donors (Lipinski definition) is 2. The van der Waals surface area contributed by atoms with Crippen molar-refractivity contribution in [1.82, 2.24) is 24.7 Å². The zero-order valence-corrected chi connectivity index (χ0v) is 16.6. The Morgan fingerprint density at radius 2 is 1.91 bits per heavy atom. The summed E-state index contributed by atoms with van der Waals surface area (Å²) in [6.07, 6.45) is 0.100. The summed E-state index contributed by atoms with van der Waals surface area (Å²) in [5.41, 5.74) is 1.98. The summed E-state index contributed by atoms with van der Waals surface area (Å²) in [5, 5.41) is 8.14. The number of nitrogens with one attached hydrogen (secondary N) is 2. The van der Waals surface area contributed by atoms with Crippen LogP contribution in [0, 0.1) is 6.92 Å². The Hall–Kier alpha value is -4.15. The molecule has 0 saturated carbocycles. The summed E-state index contributed by atoms with van der Waals surface area (Å²) >= 11 is 0. The molecule has 0 aliphatic heterocycles. The summed E-state index contributed by atoms with van der Waals surface area (Å²) < 4.78 is 43.1. The van der Waals surface area contributed by atoms with Crippen LogP contribution in [0.5, 0.6) is 5.75 Å². The molecule has 0 bridgehead atoms. The molecule has 11 heteroatoms. The van der Waals surface area contributed by atoms with Crippen molar-refractivity contribution in [2.45, 2.75) is 19.8 Å². The van der Waals surface area contributed by atoms with Gasteiger partial charge in [0.15, 0.2) is 0 Å². The van der Waals surface area contributed by atoms with Gasteiger partial charge in [0.05, 0.1) is 11.3 Å². The van der Waals surface area contributed by atoms with Gasteiger partial charge in [0.25, 0.3) is 5.56 Å². The highest BCUT2D eigenvalue weighted by molar-refractivity contribution is 5.70. The lowest BCUT2D eigenvalue weighted by Gasteiger charge is -2.10. The number of halogens is 3. The highest BCUT2D eigenvalue weighted by atomic mass is 19.4. The monoisotopic (exact) mass is 443 g/mol. The van der Waals surface area contributed by atoms with Crippen LogP contribution in [-0.2, 0) is 6.54 Å². The largest absolute Gasteiger partial charge is 0.573 e. The summed E-state index contributed by atoms with van der Waals surface area (Å²) in [4.78, 5) is 27.9. The second kappa shape index (κ2) is 8.17. The van der Waals surface area contributed by atoms with Gasteiger partial charge in [-0.2, -0.15) is 5.10 Å². The molecule has 3 heterocycles. The van der Waals surface area contributed by atoms with Crippen LogP contribution in [0.1, 0.15) is 11.3 Å². The fourth-order valence-electron chi connectivity index (χ4n) is 3.23. The molecule has 32 heavy (non-hydrogen) atoms. The quantitative estimate of drug-likeness (QED) is 0.493. The molecule has 0 radical (unpaired) electrons. The Bertz CT molecular complexity index is 1390. The standard InChI is InChI=1S/C21H16F3N5O3/c1-12-16(8-18(28-27-12)17-9-25-20(31)26-19(17)30)14-5-6-29(11-14)10-13-3-2-4-15(7-13)32-21(22,23)24/h2-9,11H,10H2,1H3,(H2,25,26,30,31). The zero-order chi connectivity index (χ0) is 22.9. The van der Waals surface area contributed by atoms with Crippen molar-refractivity contribution in [3.63, 3.8) is 0 Å². The predicted molar refractivity (Wildman–Crippen MR) is 109 cm³/mol. The lowest BCUT2D eigenvalue weighted by Crippen LogP contribution is -2.22. The number of aromatic amines is 2. The molecule has 164 valence electrons. The minimum atomic E-state index is -4.75. The maximum atomic E-state index is 12.5. The van der Waals surface area contributed by atoms with Gasteiger partial charge in [0, 0.05) is 36.3 Å². The maximum Gasteiger partial charge on any atom is 0.573 e. The van der Waals surface area contributed by atoms with Gasteiger partial charge in [0.1, 0.15) is 11.4 Å². The van der Waals surface area contributed by atoms with Crippen LogP contribution >= 0.6 is 0 Å². The number of alkyl halides is 3. The van der Waals surface area contributed by atoms with Crippen molar-refractivity contribution >= 4 is 0 Å². The summed E-state index contributed by atoms with van der Waals surface area (Å²) in [5.74, 6) is -0.285. The Labute approximate surface area is 178 Å². The second-order valence-electron chi connectivity index (χ2n) is 6.98. The Balaban J connectivity index is 1.61. The Kier molecular flexibility index (Phi) is 5.39. The molecule has 0 fully saturated rings. The summed E-state index contributed by atoms with van der Waals surface area (Å²) in [6, 6.07) is 9.26. The van der Waals surface area contributed by atoms with Gasteiger partial charge in [-0.05, 0) is 36.8 Å². The molecule has 3 aromatic heterocycles. The van der Waals surface area contributed by atoms with Crippen molar-refractivity contribution in [2.75, 3.05) is 0 Å². The lowest BCUT2D eigenvalue weighted by molar-refractivity contribution is -0.274. The third-order valence-corrected chi connectivity index (χ3v) is 4.63. The van der Waals surface area contributed by atoms with Gasteiger partial charge in [-0.15, -0.1) is 18.3 Å². The van der Waals surface area contributed by atoms with Crippen LogP contribution in [0.3, 0.4) is 0 Å². The number of hydrogen-bond acceptors (Lipinski definition) is 5. The molecule has 0 saturated heterocycles. The van der Waals surface area contributed by atoms with Crippen molar-refractivity contribution in [2.24, 2.45) is 0 Å². The van der Waals surface area contributed by atoms with Crippen LogP contribution in [0.2, 0.25) is 0 Å². The molecule has 0 aliphatic rings. The van der Waals surface area contributed by atoms with Gasteiger partial charge >= 0.3 is 12.1 Å². The second-order valence-corrected chi connectivity index (χ2v) is 6.98. The van der Waals surface area contributed by atoms with Gasteiger partial charge < -0.3 is 14.3 Å². The third-order valence-electron chi connectivity index (χ3n) is 4.63. The van der Waals surface area contributed by atoms with Crippen molar-refractivity contribution in [3.05, 3.63) is 87.1 Å². The fourth-order valence-corrected chi connectivity index (χ4v) is 3.23. The van der Waals surface area contributed by atoms with Crippen LogP contribution in [0.25, 0.3) is 22.4 Å². The van der Waals surface area contributed by atoms with E-state index in [0.717, 1.165) is 5.56 Å². The number of ether oxygens (including phenoxy) is 1. The van der Waals surface area contributed by atoms with E-state index in [4.69, 9.17) is 0 Å². The van der Waals surface area contributed by atoms with Crippen LogP contribution < -0.4 is 16.0 Å². The van der Waals surface area contributed by atoms with E-state index < -0.39 is 17.6 Å². The summed E-state index contributed by atoms with van der Waals surface area (Å²) in [6.45, 7) is 2.08. The first kappa shape index (κ1) is 21.1. The molecule has 8 nitrogen and oxygen atoms in total. The number of benzene rings is 1. The number of nitrogens with zero attached hydrogens (tertiary/aromatic N) is 3. The Morgan fingerprint density at radius 3 is 2.66 bits per heavy atom. The molecule has 4 rings (SSSR count). The third kappa shape index (κ3) is 4.77. The molecule has 0 atom stereocenters. The van der Waals surface area contributed by atoms with E-state index in [-0.39, 0.29) is 17.0 Å². The molecule has 0 unspecified atom stereocenters. The topological polar surface area (TPSA) is 106 Å². The van der Waals surface area contributed by atoms with Gasteiger partial charge in [0.2, 0.25) is 0 Å². The summed E-state index contributed by atoms with van der Waals surface area (Å²) in [7, 11) is 0. The first-order valence-corrected chi connectivity index (χ1v) is 9.35. The van der Waals surface area contributed by atoms with E-state index in [9.17, 15) is 22.8 Å². The lowest BCUT2D eigenvalue weighted by atomic mass is 10.1. The van der Waals surface area contributed by atoms with Crippen LogP contribution in [0.4, 0.5) is 13.2 Å². The molecule has 1 aromatic carbocycles. The van der Waals surface area contributed by atoms with E-state index in [1.807, 2.05) is 12.3 Å². The molecule has 4 aromatic rings. The molecule has 0 spiro atoms. The first-order valence-electron chi connectivity index (χ1n) is 9.35. The highest BCUT2D eigenvalue weighted by Gasteiger charge is 2.31. The predicted octanol–water partition coefficient (Wildman–Crippen LogP) is 3.24. The van der Waals surface area contributed by atoms with E-state index in [1.165, 1.54) is 24.4 Å². The van der Waals surface area contributed by atoms with Crippen LogP contribution in [0.15, 0.2) is 64.6 Å². The molecular weight excluding hydrogens is 427 g/mol. The van der Waals surface area contributed by atoms with Crippen molar-refractivity contribution < 1.29 is 17.9 Å². The molecule has 0 amide bonds. The van der Waals surface area contributed by atoms with Crippen LogP contribution in [-0.4, -0.2) is 31.1 Å². The fraction of sp³-hybridized carbons (Fsp3) is 0.143. The highest BCUT2D eigenvalue weighted by Crippen LogP contribution is 2.27. The average Bonchev–Trinajstić information content (AvgIpc) is 3.16. The first-order chi connectivity index (χ1) is 15.2. The van der Waals surface area contributed by atoms with E-state index in [0.29, 0.717) is 23.4 Å².